The van der Waals surface area contributed by atoms with Crippen LogP contribution in [0.25, 0.3) is 0 Å². The van der Waals surface area contributed by atoms with Gasteiger partial charge in [-0.05, 0) is 34.9 Å². The number of amides is 3. The van der Waals surface area contributed by atoms with E-state index in [1.165, 1.54) is 5.56 Å². The number of hydrogen-bond donors (Lipinski definition) is 3. The number of imide groups is 1. The number of benzene rings is 2. The molecule has 5 nitrogen and oxygen atoms in total. The van der Waals surface area contributed by atoms with Crippen molar-refractivity contribution in [3.63, 3.8) is 0 Å². The number of nitrogens with two attached hydrogens (primary N) is 1. The van der Waals surface area contributed by atoms with Gasteiger partial charge in [0.15, 0.2) is 0 Å². The second kappa shape index (κ2) is 10.0. The largest absolute Gasteiger partial charge is 0.351 e. The molecule has 28 heavy (non-hydrogen) atoms. The van der Waals surface area contributed by atoms with E-state index in [2.05, 4.69) is 62.6 Å². The average Bonchev–Trinajstić information content (AvgIpc) is 2.62. The van der Waals surface area contributed by atoms with E-state index < -0.39 is 18.0 Å². The molecule has 0 fully saturated rings. The first-order valence-electron chi connectivity index (χ1n) is 9.78. The first-order chi connectivity index (χ1) is 13.3. The Kier molecular flexibility index (Phi) is 7.76. The van der Waals surface area contributed by atoms with Crippen molar-refractivity contribution < 1.29 is 9.59 Å². The summed E-state index contributed by atoms with van der Waals surface area (Å²) in [5, 5.41) is 5.64. The van der Waals surface area contributed by atoms with Crippen LogP contribution >= 0.6 is 0 Å². The predicted octanol–water partition coefficient (Wildman–Crippen LogP) is 4.11. The number of rotatable bonds is 8. The minimum absolute atomic E-state index is 0.0584. The molecule has 0 aromatic heterocycles. The summed E-state index contributed by atoms with van der Waals surface area (Å²) in [5.41, 5.74) is 8.35. The van der Waals surface area contributed by atoms with Crippen molar-refractivity contribution in [2.45, 2.75) is 46.2 Å². The van der Waals surface area contributed by atoms with Crippen molar-refractivity contribution in [2.24, 2.45) is 17.6 Å². The molecule has 4 N–H and O–H groups in total. The molecule has 2 aromatic rings. The van der Waals surface area contributed by atoms with Gasteiger partial charge in [-0.25, -0.2) is 4.79 Å². The lowest BCUT2D eigenvalue weighted by Crippen LogP contribution is -2.44. The lowest BCUT2D eigenvalue weighted by Gasteiger charge is -2.28. The molecule has 0 aliphatic heterocycles. The van der Waals surface area contributed by atoms with E-state index in [9.17, 15) is 9.59 Å². The summed E-state index contributed by atoms with van der Waals surface area (Å²) >= 11 is 0. The van der Waals surface area contributed by atoms with E-state index in [4.69, 9.17) is 5.73 Å². The lowest BCUT2D eigenvalue weighted by atomic mass is 9.92. The Labute approximate surface area is 167 Å². The standard InChI is InChI=1S/C23H31N3O2/c1-15(2)14-17-10-12-19(13-11-17)20(16(3)4)25-21(22(27)26-23(24)28)18-8-6-5-7-9-18/h5-13,15-16,20-21,25H,14H2,1-4H3,(H3,24,26,27,28)/t20-,21-/m1/s1. The monoisotopic (exact) mass is 381 g/mol. The third-order valence-corrected chi connectivity index (χ3v) is 4.64. The van der Waals surface area contributed by atoms with Gasteiger partial charge in [-0.1, -0.05) is 82.3 Å². The minimum atomic E-state index is -0.855. The second-order valence-corrected chi connectivity index (χ2v) is 7.93. The van der Waals surface area contributed by atoms with Gasteiger partial charge in [0.05, 0.1) is 0 Å². The van der Waals surface area contributed by atoms with Crippen LogP contribution in [0.1, 0.15) is 56.5 Å². The van der Waals surface area contributed by atoms with Crippen molar-refractivity contribution in [3.8, 4) is 0 Å². The van der Waals surface area contributed by atoms with Crippen LogP contribution < -0.4 is 16.4 Å². The summed E-state index contributed by atoms with van der Waals surface area (Å²) < 4.78 is 0. The number of urea groups is 1. The molecule has 2 atom stereocenters. The van der Waals surface area contributed by atoms with Crippen LogP contribution in [0.4, 0.5) is 4.79 Å². The summed E-state index contributed by atoms with van der Waals surface area (Å²) in [4.78, 5) is 23.9. The third-order valence-electron chi connectivity index (χ3n) is 4.64. The van der Waals surface area contributed by atoms with Crippen molar-refractivity contribution in [2.75, 3.05) is 0 Å². The fraction of sp³-hybridized carbons (Fsp3) is 0.391. The normalized spacial score (nSPS) is 13.4. The van der Waals surface area contributed by atoms with Gasteiger partial charge in [-0.2, -0.15) is 0 Å². The molecule has 0 radical (unpaired) electrons. The number of hydrogen-bond acceptors (Lipinski definition) is 3. The highest BCUT2D eigenvalue weighted by Gasteiger charge is 2.27. The van der Waals surface area contributed by atoms with Gasteiger partial charge in [0.1, 0.15) is 6.04 Å². The highest BCUT2D eigenvalue weighted by atomic mass is 16.2. The van der Waals surface area contributed by atoms with Crippen LogP contribution in [-0.2, 0) is 11.2 Å². The molecule has 0 saturated carbocycles. The second-order valence-electron chi connectivity index (χ2n) is 7.93. The molecule has 0 spiro atoms. The molecule has 2 rings (SSSR count). The van der Waals surface area contributed by atoms with E-state index in [1.807, 2.05) is 30.3 Å². The van der Waals surface area contributed by atoms with Gasteiger partial charge >= 0.3 is 6.03 Å². The van der Waals surface area contributed by atoms with Crippen molar-refractivity contribution in [1.82, 2.24) is 10.6 Å². The van der Waals surface area contributed by atoms with Crippen molar-refractivity contribution in [1.29, 1.82) is 0 Å². The average molecular weight is 382 g/mol. The number of nitrogens with one attached hydrogen (secondary N) is 2. The Bertz CT molecular complexity index is 770. The molecule has 3 amide bonds. The highest BCUT2D eigenvalue weighted by molar-refractivity contribution is 5.96. The Balaban J connectivity index is 2.29. The zero-order valence-corrected chi connectivity index (χ0v) is 17.1. The maximum atomic E-state index is 12.6. The van der Waals surface area contributed by atoms with Crippen LogP contribution in [0.3, 0.4) is 0 Å². The summed E-state index contributed by atoms with van der Waals surface area (Å²) in [6, 6.07) is 16.3. The van der Waals surface area contributed by atoms with E-state index in [1.54, 1.807) is 0 Å². The summed E-state index contributed by atoms with van der Waals surface area (Å²) in [7, 11) is 0. The molecule has 0 bridgehead atoms. The Morgan fingerprint density at radius 2 is 1.50 bits per heavy atom. The zero-order chi connectivity index (χ0) is 20.7. The molecule has 5 heteroatoms. The van der Waals surface area contributed by atoms with Crippen LogP contribution in [0, 0.1) is 11.8 Å². The molecule has 0 unspecified atom stereocenters. The molecule has 0 heterocycles. The predicted molar refractivity (Wildman–Crippen MR) is 113 cm³/mol. The molecular formula is C23H31N3O2. The molecule has 0 saturated heterocycles. The summed E-state index contributed by atoms with van der Waals surface area (Å²) in [6.07, 6.45) is 1.04. The van der Waals surface area contributed by atoms with E-state index in [0.29, 0.717) is 5.92 Å². The summed E-state index contributed by atoms with van der Waals surface area (Å²) in [6.45, 7) is 8.61. The summed E-state index contributed by atoms with van der Waals surface area (Å²) in [5.74, 6) is 0.383. The lowest BCUT2D eigenvalue weighted by molar-refractivity contribution is -0.122. The van der Waals surface area contributed by atoms with Crippen LogP contribution in [0.15, 0.2) is 54.6 Å². The topological polar surface area (TPSA) is 84.2 Å². The maximum absolute atomic E-state index is 12.6. The van der Waals surface area contributed by atoms with Gasteiger partial charge in [0, 0.05) is 6.04 Å². The highest BCUT2D eigenvalue weighted by Crippen LogP contribution is 2.27. The SMILES string of the molecule is CC(C)Cc1ccc([C@H](N[C@@H](C(=O)NC(N)=O)c2ccccc2)C(C)C)cc1. The zero-order valence-electron chi connectivity index (χ0n) is 17.1. The van der Waals surface area contributed by atoms with Crippen molar-refractivity contribution >= 4 is 11.9 Å². The van der Waals surface area contributed by atoms with E-state index in [0.717, 1.165) is 17.5 Å². The van der Waals surface area contributed by atoms with Gasteiger partial charge in [-0.15, -0.1) is 0 Å². The van der Waals surface area contributed by atoms with E-state index >= 15 is 0 Å². The number of primary amides is 1. The molecule has 150 valence electrons. The quantitative estimate of drug-likeness (QED) is 0.643. The van der Waals surface area contributed by atoms with Crippen LogP contribution in [0.2, 0.25) is 0 Å². The van der Waals surface area contributed by atoms with Crippen molar-refractivity contribution in [3.05, 3.63) is 71.3 Å². The van der Waals surface area contributed by atoms with E-state index in [-0.39, 0.29) is 12.0 Å². The Morgan fingerprint density at radius 1 is 0.893 bits per heavy atom. The molecule has 2 aromatic carbocycles. The fourth-order valence-corrected chi connectivity index (χ4v) is 3.35. The molecule has 0 aliphatic carbocycles. The maximum Gasteiger partial charge on any atom is 0.318 e. The van der Waals surface area contributed by atoms with Gasteiger partial charge in [-0.3, -0.25) is 15.4 Å². The molecule has 0 aliphatic rings. The van der Waals surface area contributed by atoms with Gasteiger partial charge in [0.25, 0.3) is 0 Å². The van der Waals surface area contributed by atoms with Gasteiger partial charge in [0.2, 0.25) is 5.91 Å². The Hall–Kier alpha value is -2.66. The number of carbonyl (C=O) groups is 2. The smallest absolute Gasteiger partial charge is 0.318 e. The fourth-order valence-electron chi connectivity index (χ4n) is 3.35. The van der Waals surface area contributed by atoms with Crippen LogP contribution in [-0.4, -0.2) is 11.9 Å². The Morgan fingerprint density at radius 3 is 2.00 bits per heavy atom. The minimum Gasteiger partial charge on any atom is -0.351 e. The molecular weight excluding hydrogens is 350 g/mol. The third kappa shape index (κ3) is 6.20. The number of carbonyl (C=O) groups excluding carboxylic acids is 2. The first kappa shape index (κ1) is 21.6. The van der Waals surface area contributed by atoms with Gasteiger partial charge < -0.3 is 5.73 Å². The van der Waals surface area contributed by atoms with Crippen LogP contribution in [0.5, 0.6) is 0 Å². The first-order valence-corrected chi connectivity index (χ1v) is 9.78.